The lowest BCUT2D eigenvalue weighted by Gasteiger charge is -2.25. The van der Waals surface area contributed by atoms with E-state index in [-0.39, 0.29) is 11.8 Å². The Balaban J connectivity index is 1.36. The largest absolute Gasteiger partial charge is 0.369 e. The number of aromatic amines is 1. The number of rotatable bonds is 5. The van der Waals surface area contributed by atoms with E-state index >= 15 is 0 Å². The number of hydrogen-bond donors (Lipinski definition) is 1. The van der Waals surface area contributed by atoms with Crippen LogP contribution in [0.5, 0.6) is 0 Å². The molecule has 3 heterocycles. The van der Waals surface area contributed by atoms with E-state index in [1.54, 1.807) is 12.4 Å². The number of anilines is 1. The number of benzene rings is 2. The molecule has 32 heavy (non-hydrogen) atoms. The lowest BCUT2D eigenvalue weighted by molar-refractivity contribution is -0.130. The monoisotopic (exact) mass is 425 g/mol. The molecule has 1 atom stereocenters. The van der Waals surface area contributed by atoms with Gasteiger partial charge in [0.05, 0.1) is 12.1 Å². The van der Waals surface area contributed by atoms with E-state index in [1.165, 1.54) is 5.69 Å². The maximum absolute atomic E-state index is 13.4. The molecular weight excluding hydrogens is 398 g/mol. The second kappa shape index (κ2) is 9.22. The summed E-state index contributed by atoms with van der Waals surface area (Å²) in [5.41, 5.74) is 4.29. The molecule has 0 radical (unpaired) electrons. The highest BCUT2D eigenvalue weighted by Gasteiger charge is 2.27. The molecule has 0 spiro atoms. The molecule has 4 aromatic rings. The molecule has 1 amide bonds. The zero-order valence-electron chi connectivity index (χ0n) is 18.0. The quantitative estimate of drug-likeness (QED) is 0.529. The highest BCUT2D eigenvalue weighted by Crippen LogP contribution is 2.23. The van der Waals surface area contributed by atoms with Crippen LogP contribution in [0.4, 0.5) is 5.69 Å². The van der Waals surface area contributed by atoms with Crippen molar-refractivity contribution >= 4 is 22.5 Å². The Morgan fingerprint density at radius 1 is 1.00 bits per heavy atom. The van der Waals surface area contributed by atoms with E-state index in [2.05, 4.69) is 50.2 Å². The summed E-state index contributed by atoms with van der Waals surface area (Å²) < 4.78 is 0. The number of para-hydroxylation sites is 2. The van der Waals surface area contributed by atoms with Crippen LogP contribution >= 0.6 is 0 Å². The van der Waals surface area contributed by atoms with Gasteiger partial charge in [-0.2, -0.15) is 0 Å². The summed E-state index contributed by atoms with van der Waals surface area (Å²) in [5.74, 6) is 0.454. The zero-order valence-corrected chi connectivity index (χ0v) is 18.0. The van der Waals surface area contributed by atoms with Crippen molar-refractivity contribution in [2.75, 3.05) is 31.1 Å². The Morgan fingerprint density at radius 3 is 2.69 bits per heavy atom. The van der Waals surface area contributed by atoms with Crippen LogP contribution in [0.1, 0.15) is 11.3 Å². The van der Waals surface area contributed by atoms with Gasteiger partial charge in [-0.25, -0.2) is 0 Å². The molecule has 1 aliphatic rings. The number of carbonyl (C=O) groups excluding carboxylic acids is 1. The van der Waals surface area contributed by atoms with Crippen molar-refractivity contribution in [3.63, 3.8) is 0 Å². The minimum Gasteiger partial charge on any atom is -0.369 e. The van der Waals surface area contributed by atoms with Crippen LogP contribution in [0.25, 0.3) is 10.9 Å². The highest BCUT2D eigenvalue weighted by atomic mass is 16.2. The number of H-pyrrole nitrogens is 1. The van der Waals surface area contributed by atoms with E-state index in [9.17, 15) is 4.79 Å². The molecular formula is C26H27N5O. The number of hydrogen-bond acceptors (Lipinski definition) is 4. The van der Waals surface area contributed by atoms with Gasteiger partial charge in [0.1, 0.15) is 0 Å². The second-order valence-corrected chi connectivity index (χ2v) is 8.42. The molecule has 5 rings (SSSR count). The number of aromatic nitrogens is 3. The molecule has 2 aromatic carbocycles. The SMILES string of the molecule is O=C(Cc1c[nH]c2ccccc12)N1CCN(c2ccccc2)CC(Cc2cnccn2)C1. The molecule has 1 saturated heterocycles. The van der Waals surface area contributed by atoms with E-state index in [0.29, 0.717) is 13.0 Å². The highest BCUT2D eigenvalue weighted by molar-refractivity contribution is 5.89. The Labute approximate surface area is 187 Å². The van der Waals surface area contributed by atoms with Gasteiger partial charge in [0.2, 0.25) is 5.91 Å². The molecule has 6 heteroatoms. The smallest absolute Gasteiger partial charge is 0.227 e. The van der Waals surface area contributed by atoms with Crippen LogP contribution in [-0.2, 0) is 17.6 Å². The lowest BCUT2D eigenvalue weighted by Crippen LogP contribution is -2.37. The second-order valence-electron chi connectivity index (χ2n) is 8.42. The standard InChI is InChI=1S/C26H27N5O/c32-26(15-21-16-29-25-9-5-4-8-24(21)25)31-13-12-30(23-6-2-1-3-7-23)18-20(19-31)14-22-17-27-10-11-28-22/h1-11,16-17,20,29H,12-15,18-19H2. The zero-order chi connectivity index (χ0) is 21.8. The van der Waals surface area contributed by atoms with Crippen molar-refractivity contribution in [3.8, 4) is 0 Å². The predicted octanol–water partition coefficient (Wildman–Crippen LogP) is 3.71. The molecule has 1 unspecified atom stereocenters. The molecule has 2 aromatic heterocycles. The maximum atomic E-state index is 13.4. The van der Waals surface area contributed by atoms with E-state index in [0.717, 1.165) is 48.2 Å². The van der Waals surface area contributed by atoms with E-state index in [1.807, 2.05) is 41.6 Å². The first-order valence-electron chi connectivity index (χ1n) is 11.1. The average molecular weight is 426 g/mol. The van der Waals surface area contributed by atoms with Crippen molar-refractivity contribution in [3.05, 3.63) is 90.6 Å². The Kier molecular flexibility index (Phi) is 5.83. The molecule has 6 nitrogen and oxygen atoms in total. The normalized spacial score (nSPS) is 16.8. The van der Waals surface area contributed by atoms with Gasteiger partial charge in [0, 0.05) is 67.6 Å². The summed E-state index contributed by atoms with van der Waals surface area (Å²) in [4.78, 5) is 29.8. The topological polar surface area (TPSA) is 65.1 Å². The van der Waals surface area contributed by atoms with Gasteiger partial charge in [0.25, 0.3) is 0 Å². The van der Waals surface area contributed by atoms with Crippen LogP contribution < -0.4 is 4.90 Å². The number of nitrogens with zero attached hydrogens (tertiary/aromatic N) is 4. The maximum Gasteiger partial charge on any atom is 0.227 e. The fraction of sp³-hybridized carbons (Fsp3) is 0.269. The van der Waals surface area contributed by atoms with Crippen molar-refractivity contribution in [1.29, 1.82) is 0 Å². The van der Waals surface area contributed by atoms with Crippen molar-refractivity contribution in [2.45, 2.75) is 12.8 Å². The molecule has 0 bridgehead atoms. The summed E-state index contributed by atoms with van der Waals surface area (Å²) in [7, 11) is 0. The number of carbonyl (C=O) groups is 1. The van der Waals surface area contributed by atoms with Crippen molar-refractivity contribution in [2.24, 2.45) is 5.92 Å². The summed E-state index contributed by atoms with van der Waals surface area (Å²) in [5, 5.41) is 1.12. The van der Waals surface area contributed by atoms with Gasteiger partial charge in [-0.15, -0.1) is 0 Å². The predicted molar refractivity (Wildman–Crippen MR) is 126 cm³/mol. The van der Waals surface area contributed by atoms with Gasteiger partial charge in [-0.05, 0) is 36.1 Å². The van der Waals surface area contributed by atoms with E-state index < -0.39 is 0 Å². The van der Waals surface area contributed by atoms with Gasteiger partial charge in [-0.1, -0.05) is 36.4 Å². The third-order valence-corrected chi connectivity index (χ3v) is 6.20. The first-order valence-corrected chi connectivity index (χ1v) is 11.1. The summed E-state index contributed by atoms with van der Waals surface area (Å²) in [6, 6.07) is 18.6. The van der Waals surface area contributed by atoms with Gasteiger partial charge < -0.3 is 14.8 Å². The Hall–Kier alpha value is -3.67. The first kappa shape index (κ1) is 20.2. The minimum atomic E-state index is 0.175. The molecule has 1 N–H and O–H groups in total. The fourth-order valence-corrected chi connectivity index (χ4v) is 4.62. The summed E-state index contributed by atoms with van der Waals surface area (Å²) >= 11 is 0. The molecule has 1 aliphatic heterocycles. The number of fused-ring (bicyclic) bond motifs is 1. The van der Waals surface area contributed by atoms with Crippen molar-refractivity contribution in [1.82, 2.24) is 19.9 Å². The fourth-order valence-electron chi connectivity index (χ4n) is 4.62. The number of amides is 1. The third-order valence-electron chi connectivity index (χ3n) is 6.20. The Morgan fingerprint density at radius 2 is 1.84 bits per heavy atom. The minimum absolute atomic E-state index is 0.175. The average Bonchev–Trinajstić information content (AvgIpc) is 3.11. The lowest BCUT2D eigenvalue weighted by atomic mass is 10.0. The Bertz CT molecular complexity index is 1170. The third kappa shape index (κ3) is 4.49. The summed E-state index contributed by atoms with van der Waals surface area (Å²) in [6.45, 7) is 3.15. The van der Waals surface area contributed by atoms with Crippen LogP contribution in [0, 0.1) is 5.92 Å². The number of nitrogens with one attached hydrogen (secondary N) is 1. The van der Waals surface area contributed by atoms with Gasteiger partial charge >= 0.3 is 0 Å². The van der Waals surface area contributed by atoms with Crippen molar-refractivity contribution < 1.29 is 4.79 Å². The van der Waals surface area contributed by atoms with Crippen LogP contribution in [0.2, 0.25) is 0 Å². The van der Waals surface area contributed by atoms with Crippen LogP contribution in [0.3, 0.4) is 0 Å². The molecule has 1 fully saturated rings. The van der Waals surface area contributed by atoms with Gasteiger partial charge in [0.15, 0.2) is 0 Å². The summed E-state index contributed by atoms with van der Waals surface area (Å²) in [6.07, 6.45) is 8.44. The van der Waals surface area contributed by atoms with Crippen LogP contribution in [-0.4, -0.2) is 51.9 Å². The molecule has 0 saturated carbocycles. The molecule has 0 aliphatic carbocycles. The van der Waals surface area contributed by atoms with E-state index in [4.69, 9.17) is 0 Å². The molecule has 162 valence electrons. The first-order chi connectivity index (χ1) is 15.8. The van der Waals surface area contributed by atoms with Crippen LogP contribution in [0.15, 0.2) is 79.4 Å². The van der Waals surface area contributed by atoms with Gasteiger partial charge in [-0.3, -0.25) is 14.8 Å².